The molecule has 0 unspecified atom stereocenters. The fourth-order valence-electron chi connectivity index (χ4n) is 2.51. The summed E-state index contributed by atoms with van der Waals surface area (Å²) >= 11 is 5.96. The maximum absolute atomic E-state index is 12.5. The van der Waals surface area contributed by atoms with E-state index in [9.17, 15) is 4.79 Å². The lowest BCUT2D eigenvalue weighted by atomic mass is 10.1. The Morgan fingerprint density at radius 2 is 1.95 bits per heavy atom. The van der Waals surface area contributed by atoms with Crippen molar-refractivity contribution in [2.45, 2.75) is 6.10 Å². The van der Waals surface area contributed by atoms with Gasteiger partial charge in [0, 0.05) is 17.1 Å². The van der Waals surface area contributed by atoms with Gasteiger partial charge in [-0.25, -0.2) is 0 Å². The van der Waals surface area contributed by atoms with Crippen LogP contribution >= 0.6 is 11.6 Å². The molecule has 0 saturated carbocycles. The van der Waals surface area contributed by atoms with Gasteiger partial charge in [-0.2, -0.15) is 0 Å². The van der Waals surface area contributed by atoms with Crippen molar-refractivity contribution in [2.24, 2.45) is 0 Å². The van der Waals surface area contributed by atoms with Crippen LogP contribution in [-0.4, -0.2) is 30.5 Å². The lowest BCUT2D eigenvalue weighted by Crippen LogP contribution is -2.42. The fraction of sp³-hybridized carbons (Fsp3) is 0.235. The van der Waals surface area contributed by atoms with Crippen LogP contribution in [0.25, 0.3) is 0 Å². The molecule has 3 nitrogen and oxygen atoms in total. The number of benzene rings is 2. The number of hydrogen-bond donors (Lipinski definition) is 0. The van der Waals surface area contributed by atoms with Gasteiger partial charge in [0.15, 0.2) is 0 Å². The van der Waals surface area contributed by atoms with Crippen LogP contribution in [0.1, 0.15) is 22.0 Å². The Hall–Kier alpha value is -1.84. The molecule has 1 heterocycles. The smallest absolute Gasteiger partial charge is 0.254 e. The topological polar surface area (TPSA) is 29.5 Å². The molecule has 0 radical (unpaired) electrons. The summed E-state index contributed by atoms with van der Waals surface area (Å²) in [6, 6.07) is 17.1. The zero-order valence-corrected chi connectivity index (χ0v) is 12.3. The van der Waals surface area contributed by atoms with E-state index in [0.29, 0.717) is 30.3 Å². The third-order valence-electron chi connectivity index (χ3n) is 3.60. The maximum Gasteiger partial charge on any atom is 0.254 e. The maximum atomic E-state index is 12.5. The molecule has 108 valence electrons. The van der Waals surface area contributed by atoms with Crippen LogP contribution in [0.4, 0.5) is 0 Å². The third kappa shape index (κ3) is 3.26. The van der Waals surface area contributed by atoms with Gasteiger partial charge < -0.3 is 9.64 Å². The lowest BCUT2D eigenvalue weighted by molar-refractivity contribution is -0.0228. The normalized spacial score (nSPS) is 18.5. The van der Waals surface area contributed by atoms with Crippen molar-refractivity contribution >= 4 is 17.5 Å². The summed E-state index contributed by atoms with van der Waals surface area (Å²) in [5.41, 5.74) is 1.72. The van der Waals surface area contributed by atoms with Crippen LogP contribution < -0.4 is 0 Å². The van der Waals surface area contributed by atoms with Crippen LogP contribution in [-0.2, 0) is 4.74 Å². The second-order valence-electron chi connectivity index (χ2n) is 5.03. The van der Waals surface area contributed by atoms with Crippen LogP contribution in [0.3, 0.4) is 0 Å². The Bertz CT molecular complexity index is 630. The number of carbonyl (C=O) groups excluding carboxylic acids is 1. The number of hydrogen-bond acceptors (Lipinski definition) is 2. The molecule has 2 aromatic carbocycles. The predicted molar refractivity (Wildman–Crippen MR) is 82.5 cm³/mol. The number of morpholine rings is 1. The minimum absolute atomic E-state index is 0.00160. The Balaban J connectivity index is 1.75. The van der Waals surface area contributed by atoms with Crippen molar-refractivity contribution in [3.8, 4) is 0 Å². The first kappa shape index (κ1) is 14.1. The van der Waals surface area contributed by atoms with Crippen molar-refractivity contribution in [3.63, 3.8) is 0 Å². The van der Waals surface area contributed by atoms with E-state index in [1.165, 1.54) is 0 Å². The second-order valence-corrected chi connectivity index (χ2v) is 5.47. The van der Waals surface area contributed by atoms with E-state index >= 15 is 0 Å². The van der Waals surface area contributed by atoms with E-state index in [2.05, 4.69) is 0 Å². The molecule has 2 aromatic rings. The van der Waals surface area contributed by atoms with Crippen LogP contribution in [0.15, 0.2) is 54.6 Å². The third-order valence-corrected chi connectivity index (χ3v) is 3.83. The van der Waals surface area contributed by atoms with Crippen LogP contribution in [0, 0.1) is 0 Å². The molecular formula is C17H16ClNO2. The highest BCUT2D eigenvalue weighted by atomic mass is 35.5. The highest BCUT2D eigenvalue weighted by molar-refractivity contribution is 6.30. The van der Waals surface area contributed by atoms with Crippen molar-refractivity contribution in [2.75, 3.05) is 19.7 Å². The van der Waals surface area contributed by atoms with E-state index in [4.69, 9.17) is 16.3 Å². The SMILES string of the molecule is O=C(c1cccc(Cl)c1)N1CCO[C@H](c2ccccc2)C1. The van der Waals surface area contributed by atoms with Crippen molar-refractivity contribution in [1.82, 2.24) is 4.90 Å². The van der Waals surface area contributed by atoms with Gasteiger partial charge in [-0.1, -0.05) is 48.0 Å². The largest absolute Gasteiger partial charge is 0.370 e. The summed E-state index contributed by atoms with van der Waals surface area (Å²) in [6.45, 7) is 1.72. The molecule has 3 rings (SSSR count). The van der Waals surface area contributed by atoms with E-state index in [1.807, 2.05) is 35.2 Å². The van der Waals surface area contributed by atoms with Gasteiger partial charge in [0.1, 0.15) is 6.10 Å². The molecular weight excluding hydrogens is 286 g/mol. The number of rotatable bonds is 2. The van der Waals surface area contributed by atoms with E-state index < -0.39 is 0 Å². The molecule has 1 fully saturated rings. The molecule has 21 heavy (non-hydrogen) atoms. The molecule has 0 aromatic heterocycles. The van der Waals surface area contributed by atoms with Gasteiger partial charge in [-0.05, 0) is 23.8 Å². The highest BCUT2D eigenvalue weighted by Gasteiger charge is 2.26. The van der Waals surface area contributed by atoms with Gasteiger partial charge in [-0.3, -0.25) is 4.79 Å². The van der Waals surface area contributed by atoms with Gasteiger partial charge in [-0.15, -0.1) is 0 Å². The molecule has 1 aliphatic heterocycles. The van der Waals surface area contributed by atoms with E-state index in [0.717, 1.165) is 5.56 Å². The average Bonchev–Trinajstić information content (AvgIpc) is 2.55. The molecule has 1 aliphatic rings. The zero-order chi connectivity index (χ0) is 14.7. The van der Waals surface area contributed by atoms with Crippen LogP contribution in [0.5, 0.6) is 0 Å². The minimum Gasteiger partial charge on any atom is -0.370 e. The first-order valence-corrected chi connectivity index (χ1v) is 7.33. The number of nitrogens with zero attached hydrogens (tertiary/aromatic N) is 1. The van der Waals surface area contributed by atoms with Gasteiger partial charge >= 0.3 is 0 Å². The standard InChI is InChI=1S/C17H16ClNO2/c18-15-8-4-7-14(11-15)17(20)19-9-10-21-16(12-19)13-5-2-1-3-6-13/h1-8,11,16H,9-10,12H2/t16-/m0/s1. The summed E-state index contributed by atoms with van der Waals surface area (Å²) < 4.78 is 5.78. The zero-order valence-electron chi connectivity index (χ0n) is 11.5. The molecule has 0 bridgehead atoms. The van der Waals surface area contributed by atoms with Gasteiger partial charge in [0.2, 0.25) is 0 Å². The van der Waals surface area contributed by atoms with Crippen LogP contribution in [0.2, 0.25) is 5.02 Å². The average molecular weight is 302 g/mol. The first-order chi connectivity index (χ1) is 10.2. The quantitative estimate of drug-likeness (QED) is 0.849. The van der Waals surface area contributed by atoms with Crippen molar-refractivity contribution in [3.05, 3.63) is 70.7 Å². The van der Waals surface area contributed by atoms with Crippen molar-refractivity contribution in [1.29, 1.82) is 0 Å². The Kier molecular flexibility index (Phi) is 4.23. The number of carbonyl (C=O) groups is 1. The van der Waals surface area contributed by atoms with E-state index in [1.54, 1.807) is 24.3 Å². The summed E-state index contributed by atoms with van der Waals surface area (Å²) in [5, 5.41) is 0.578. The Morgan fingerprint density at radius 3 is 2.71 bits per heavy atom. The Morgan fingerprint density at radius 1 is 1.14 bits per heavy atom. The van der Waals surface area contributed by atoms with Crippen molar-refractivity contribution < 1.29 is 9.53 Å². The first-order valence-electron chi connectivity index (χ1n) is 6.95. The fourth-order valence-corrected chi connectivity index (χ4v) is 2.70. The Labute approximate surface area is 129 Å². The molecule has 0 aliphatic carbocycles. The number of halogens is 1. The second kappa shape index (κ2) is 6.29. The molecule has 1 amide bonds. The molecule has 0 N–H and O–H groups in total. The monoisotopic (exact) mass is 301 g/mol. The van der Waals surface area contributed by atoms with Gasteiger partial charge in [0.05, 0.1) is 13.2 Å². The van der Waals surface area contributed by atoms with Gasteiger partial charge in [0.25, 0.3) is 5.91 Å². The predicted octanol–water partition coefficient (Wildman–Crippen LogP) is 3.55. The highest BCUT2D eigenvalue weighted by Crippen LogP contribution is 2.23. The summed E-state index contributed by atoms with van der Waals surface area (Å²) in [4.78, 5) is 14.4. The molecule has 4 heteroatoms. The van der Waals surface area contributed by atoms with E-state index in [-0.39, 0.29) is 12.0 Å². The summed E-state index contributed by atoms with van der Waals surface area (Å²) in [6.07, 6.45) is -0.0666. The minimum atomic E-state index is -0.0666. The molecule has 1 saturated heterocycles. The summed E-state index contributed by atoms with van der Waals surface area (Å²) in [7, 11) is 0. The molecule has 1 atom stereocenters. The summed E-state index contributed by atoms with van der Waals surface area (Å²) in [5.74, 6) is 0.00160. The molecule has 0 spiro atoms. The number of amides is 1. The lowest BCUT2D eigenvalue weighted by Gasteiger charge is -2.33. The number of ether oxygens (including phenoxy) is 1.